The van der Waals surface area contributed by atoms with Crippen LogP contribution in [0.25, 0.3) is 0 Å². The van der Waals surface area contributed by atoms with E-state index < -0.39 is 0 Å². The maximum absolute atomic E-state index is 9.46. The zero-order chi connectivity index (χ0) is 12.4. The molecule has 2 rings (SSSR count). The van der Waals surface area contributed by atoms with Gasteiger partial charge in [0.2, 0.25) is 0 Å². The predicted molar refractivity (Wildman–Crippen MR) is 69.9 cm³/mol. The average molecular weight is 241 g/mol. The first kappa shape index (κ1) is 13.3. The van der Waals surface area contributed by atoms with E-state index in [0.717, 1.165) is 25.0 Å². The molecule has 0 aromatic carbocycles. The minimum atomic E-state index is 0.0536. The van der Waals surface area contributed by atoms with Crippen LogP contribution in [0.3, 0.4) is 0 Å². The molecule has 4 unspecified atom stereocenters. The first-order chi connectivity index (χ1) is 8.13. The highest BCUT2D eigenvalue weighted by Crippen LogP contribution is 2.30. The summed E-state index contributed by atoms with van der Waals surface area (Å²) in [5.41, 5.74) is 5.96. The van der Waals surface area contributed by atoms with Crippen LogP contribution in [0.5, 0.6) is 0 Å². The highest BCUT2D eigenvalue weighted by molar-refractivity contribution is 4.92. The molecule has 2 fully saturated rings. The molecule has 0 bridgehead atoms. The lowest BCUT2D eigenvalue weighted by Crippen LogP contribution is -2.58. The second-order valence-electron chi connectivity index (χ2n) is 5.84. The molecule has 2 saturated heterocycles. The molecule has 17 heavy (non-hydrogen) atoms. The van der Waals surface area contributed by atoms with Crippen molar-refractivity contribution in [3.05, 3.63) is 0 Å². The molecule has 4 nitrogen and oxygen atoms in total. The Morgan fingerprint density at radius 1 is 1.35 bits per heavy atom. The van der Waals surface area contributed by atoms with Crippen LogP contribution in [0, 0.1) is 5.92 Å². The Balaban J connectivity index is 1.97. The lowest BCUT2D eigenvalue weighted by molar-refractivity contribution is 0.00253. The van der Waals surface area contributed by atoms with Crippen molar-refractivity contribution in [3.63, 3.8) is 0 Å². The van der Waals surface area contributed by atoms with E-state index in [2.05, 4.69) is 16.8 Å². The molecule has 100 valence electrons. The molecule has 0 aliphatic carbocycles. The Morgan fingerprint density at radius 3 is 2.76 bits per heavy atom. The van der Waals surface area contributed by atoms with E-state index in [-0.39, 0.29) is 18.7 Å². The van der Waals surface area contributed by atoms with Crippen molar-refractivity contribution in [3.8, 4) is 0 Å². The van der Waals surface area contributed by atoms with E-state index in [1.54, 1.807) is 0 Å². The summed E-state index contributed by atoms with van der Waals surface area (Å²) in [6.45, 7) is 5.63. The molecular weight excluding hydrogens is 214 g/mol. The van der Waals surface area contributed by atoms with Gasteiger partial charge in [0, 0.05) is 31.2 Å². The fraction of sp³-hybridized carbons (Fsp3) is 1.00. The van der Waals surface area contributed by atoms with Crippen molar-refractivity contribution < 1.29 is 5.11 Å². The second kappa shape index (κ2) is 5.65. The molecule has 4 heteroatoms. The third-order valence-electron chi connectivity index (χ3n) is 4.64. The summed E-state index contributed by atoms with van der Waals surface area (Å²) in [4.78, 5) is 4.93. The minimum absolute atomic E-state index is 0.0536. The van der Waals surface area contributed by atoms with Crippen molar-refractivity contribution >= 4 is 0 Å². The van der Waals surface area contributed by atoms with Crippen molar-refractivity contribution in [2.45, 2.75) is 44.3 Å². The number of nitrogens with zero attached hydrogens (tertiary/aromatic N) is 2. The van der Waals surface area contributed by atoms with Crippen molar-refractivity contribution in [2.24, 2.45) is 11.7 Å². The molecule has 4 atom stereocenters. The lowest BCUT2D eigenvalue weighted by Gasteiger charge is -2.48. The van der Waals surface area contributed by atoms with E-state index in [9.17, 15) is 5.11 Å². The standard InChI is InChI=1S/C13H27N3O/c1-10(14)13(9-17)16-7-5-12-11(8-16)4-3-6-15(12)2/h10-13,17H,3-9,14H2,1-2H3. The number of piperidine rings is 2. The molecule has 0 spiro atoms. The molecular formula is C13H27N3O. The first-order valence-electron chi connectivity index (χ1n) is 6.94. The Bertz CT molecular complexity index is 247. The highest BCUT2D eigenvalue weighted by atomic mass is 16.3. The predicted octanol–water partition coefficient (Wildman–Crippen LogP) is 0.111. The number of hydrogen-bond donors (Lipinski definition) is 2. The van der Waals surface area contributed by atoms with Crippen molar-refractivity contribution in [1.82, 2.24) is 9.80 Å². The van der Waals surface area contributed by atoms with Crippen molar-refractivity contribution in [2.75, 3.05) is 33.3 Å². The van der Waals surface area contributed by atoms with Crippen LogP contribution in [-0.4, -0.2) is 66.3 Å². The quantitative estimate of drug-likeness (QED) is 0.736. The number of fused-ring (bicyclic) bond motifs is 1. The van der Waals surface area contributed by atoms with Gasteiger partial charge in [-0.15, -0.1) is 0 Å². The van der Waals surface area contributed by atoms with Crippen LogP contribution in [0.4, 0.5) is 0 Å². The Morgan fingerprint density at radius 2 is 2.12 bits per heavy atom. The Labute approximate surface area is 105 Å². The van der Waals surface area contributed by atoms with Crippen LogP contribution < -0.4 is 5.73 Å². The van der Waals surface area contributed by atoms with Gasteiger partial charge >= 0.3 is 0 Å². The number of nitrogens with two attached hydrogens (primary N) is 1. The van der Waals surface area contributed by atoms with Gasteiger partial charge in [-0.25, -0.2) is 0 Å². The monoisotopic (exact) mass is 241 g/mol. The molecule has 2 heterocycles. The maximum atomic E-state index is 9.46. The van der Waals surface area contributed by atoms with Gasteiger partial charge in [-0.05, 0) is 45.7 Å². The first-order valence-corrected chi connectivity index (χ1v) is 6.94. The highest BCUT2D eigenvalue weighted by Gasteiger charge is 2.36. The number of aliphatic hydroxyl groups is 1. The Hall–Kier alpha value is -0.160. The topological polar surface area (TPSA) is 52.7 Å². The van der Waals surface area contributed by atoms with Gasteiger partial charge in [0.1, 0.15) is 0 Å². The van der Waals surface area contributed by atoms with Gasteiger partial charge in [-0.1, -0.05) is 0 Å². The second-order valence-corrected chi connectivity index (χ2v) is 5.84. The van der Waals surface area contributed by atoms with E-state index in [0.29, 0.717) is 0 Å². The average Bonchev–Trinajstić information content (AvgIpc) is 2.29. The summed E-state index contributed by atoms with van der Waals surface area (Å²) >= 11 is 0. The normalized spacial score (nSPS) is 35.3. The minimum Gasteiger partial charge on any atom is -0.395 e. The summed E-state index contributed by atoms with van der Waals surface area (Å²) in [6, 6.07) is 0.952. The third-order valence-corrected chi connectivity index (χ3v) is 4.64. The number of aliphatic hydroxyl groups excluding tert-OH is 1. The SMILES string of the molecule is CC(N)C(CO)N1CCC2C(CCCN2C)C1. The van der Waals surface area contributed by atoms with Crippen LogP contribution in [-0.2, 0) is 0 Å². The molecule has 2 aliphatic rings. The largest absolute Gasteiger partial charge is 0.395 e. The van der Waals surface area contributed by atoms with Crippen molar-refractivity contribution in [1.29, 1.82) is 0 Å². The molecule has 2 aliphatic heterocycles. The van der Waals surface area contributed by atoms with E-state index in [1.165, 1.54) is 25.8 Å². The smallest absolute Gasteiger partial charge is 0.0601 e. The van der Waals surface area contributed by atoms with Gasteiger partial charge < -0.3 is 15.7 Å². The Kier molecular flexibility index (Phi) is 4.42. The number of hydrogen-bond acceptors (Lipinski definition) is 4. The fourth-order valence-corrected chi connectivity index (χ4v) is 3.60. The van der Waals surface area contributed by atoms with Crippen LogP contribution in [0.2, 0.25) is 0 Å². The molecule has 0 amide bonds. The van der Waals surface area contributed by atoms with E-state index >= 15 is 0 Å². The fourth-order valence-electron chi connectivity index (χ4n) is 3.60. The number of likely N-dealkylation sites (tertiary alicyclic amines) is 2. The summed E-state index contributed by atoms with van der Waals surface area (Å²) in [5.74, 6) is 0.773. The summed E-state index contributed by atoms with van der Waals surface area (Å²) in [7, 11) is 2.25. The van der Waals surface area contributed by atoms with Crippen LogP contribution in [0.15, 0.2) is 0 Å². The molecule has 3 N–H and O–H groups in total. The van der Waals surface area contributed by atoms with Gasteiger partial charge in [0.25, 0.3) is 0 Å². The van der Waals surface area contributed by atoms with Gasteiger partial charge in [0.05, 0.1) is 6.61 Å². The lowest BCUT2D eigenvalue weighted by atomic mass is 9.83. The molecule has 0 saturated carbocycles. The van der Waals surface area contributed by atoms with Crippen LogP contribution in [0.1, 0.15) is 26.2 Å². The van der Waals surface area contributed by atoms with E-state index in [4.69, 9.17) is 5.73 Å². The number of rotatable bonds is 3. The summed E-state index contributed by atoms with van der Waals surface area (Å²) in [5, 5.41) is 9.46. The molecule has 0 radical (unpaired) electrons. The van der Waals surface area contributed by atoms with Gasteiger partial charge in [0.15, 0.2) is 0 Å². The molecule has 0 aromatic rings. The zero-order valence-corrected chi connectivity index (χ0v) is 11.2. The summed E-state index contributed by atoms with van der Waals surface area (Å²) in [6.07, 6.45) is 3.88. The van der Waals surface area contributed by atoms with Gasteiger partial charge in [-0.3, -0.25) is 4.90 Å². The van der Waals surface area contributed by atoms with Crippen LogP contribution >= 0.6 is 0 Å². The third kappa shape index (κ3) is 2.81. The van der Waals surface area contributed by atoms with E-state index in [1.807, 2.05) is 6.92 Å². The summed E-state index contributed by atoms with van der Waals surface area (Å²) < 4.78 is 0. The zero-order valence-electron chi connectivity index (χ0n) is 11.2. The molecule has 0 aromatic heterocycles. The maximum Gasteiger partial charge on any atom is 0.0601 e. The van der Waals surface area contributed by atoms with Gasteiger partial charge in [-0.2, -0.15) is 0 Å².